The molecule has 3 amide bonds. The number of nitrogens with one attached hydrogen (secondary N) is 1. The summed E-state index contributed by atoms with van der Waals surface area (Å²) in [5.74, 6) is 0.568. The number of hydrogen-bond donors (Lipinski definition) is 1. The van der Waals surface area contributed by atoms with E-state index < -0.39 is 0 Å². The standard InChI is InChI=1S/C16H26N4O2S/c1-12-11-18-14(23-12)4-7-17-16(22)20-8-5-13(6-9-20)10-15(21)19(2)3/h11,13H,4-10H2,1-3H3,(H,17,22). The van der Waals surface area contributed by atoms with E-state index in [0.29, 0.717) is 18.9 Å². The van der Waals surface area contributed by atoms with Gasteiger partial charge in [-0.05, 0) is 25.7 Å². The summed E-state index contributed by atoms with van der Waals surface area (Å²) in [6, 6.07) is -0.00401. The maximum Gasteiger partial charge on any atom is 0.317 e. The van der Waals surface area contributed by atoms with Gasteiger partial charge >= 0.3 is 6.03 Å². The van der Waals surface area contributed by atoms with Gasteiger partial charge in [0.2, 0.25) is 5.91 Å². The van der Waals surface area contributed by atoms with Crippen molar-refractivity contribution in [2.45, 2.75) is 32.6 Å². The Labute approximate surface area is 141 Å². The van der Waals surface area contributed by atoms with Crippen molar-refractivity contribution in [3.63, 3.8) is 0 Å². The van der Waals surface area contributed by atoms with Crippen LogP contribution in [0.1, 0.15) is 29.1 Å². The molecule has 1 aromatic heterocycles. The van der Waals surface area contributed by atoms with Crippen LogP contribution in [0.2, 0.25) is 0 Å². The average molecular weight is 338 g/mol. The molecule has 1 fully saturated rings. The first-order valence-electron chi connectivity index (χ1n) is 8.10. The Hall–Kier alpha value is -1.63. The number of thiazole rings is 1. The number of hydrogen-bond acceptors (Lipinski definition) is 4. The summed E-state index contributed by atoms with van der Waals surface area (Å²) < 4.78 is 0. The van der Waals surface area contributed by atoms with Crippen molar-refractivity contribution in [1.82, 2.24) is 20.1 Å². The maximum atomic E-state index is 12.2. The Kier molecular flexibility index (Phi) is 6.38. The number of nitrogens with zero attached hydrogens (tertiary/aromatic N) is 3. The highest BCUT2D eigenvalue weighted by atomic mass is 32.1. The minimum atomic E-state index is -0.00401. The summed E-state index contributed by atoms with van der Waals surface area (Å²) in [4.78, 5) is 32.9. The third-order valence-electron chi connectivity index (χ3n) is 4.15. The average Bonchev–Trinajstić information content (AvgIpc) is 2.93. The van der Waals surface area contributed by atoms with Crippen LogP contribution in [-0.4, -0.2) is 60.5 Å². The van der Waals surface area contributed by atoms with Gasteiger partial charge < -0.3 is 15.1 Å². The van der Waals surface area contributed by atoms with E-state index in [1.165, 1.54) is 4.88 Å². The summed E-state index contributed by atoms with van der Waals surface area (Å²) in [5, 5.41) is 4.02. The molecule has 0 bridgehead atoms. The number of urea groups is 1. The number of likely N-dealkylation sites (tertiary alicyclic amines) is 1. The Bertz CT molecular complexity index is 536. The molecule has 128 valence electrons. The number of carbonyl (C=O) groups is 2. The van der Waals surface area contributed by atoms with Crippen LogP contribution < -0.4 is 5.32 Å². The van der Waals surface area contributed by atoms with Crippen molar-refractivity contribution < 1.29 is 9.59 Å². The van der Waals surface area contributed by atoms with Crippen LogP contribution in [0.25, 0.3) is 0 Å². The highest BCUT2D eigenvalue weighted by Crippen LogP contribution is 2.21. The first-order valence-corrected chi connectivity index (χ1v) is 8.91. The van der Waals surface area contributed by atoms with Gasteiger partial charge in [-0.1, -0.05) is 0 Å². The van der Waals surface area contributed by atoms with Crippen LogP contribution in [-0.2, 0) is 11.2 Å². The zero-order chi connectivity index (χ0) is 16.8. The fourth-order valence-corrected chi connectivity index (χ4v) is 3.46. The molecule has 0 aromatic carbocycles. The predicted molar refractivity (Wildman–Crippen MR) is 91.6 cm³/mol. The second-order valence-corrected chi connectivity index (χ2v) is 7.59. The molecule has 1 aliphatic heterocycles. The van der Waals surface area contributed by atoms with Gasteiger partial charge in [0.1, 0.15) is 0 Å². The molecule has 0 unspecified atom stereocenters. The van der Waals surface area contributed by atoms with E-state index in [1.54, 1.807) is 30.3 Å². The minimum Gasteiger partial charge on any atom is -0.349 e. The van der Waals surface area contributed by atoms with Gasteiger partial charge in [-0.15, -0.1) is 11.3 Å². The molecule has 0 spiro atoms. The number of aryl methyl sites for hydroxylation is 1. The van der Waals surface area contributed by atoms with Gasteiger partial charge in [-0.25, -0.2) is 9.78 Å². The minimum absolute atomic E-state index is 0.00401. The van der Waals surface area contributed by atoms with Crippen molar-refractivity contribution in [3.8, 4) is 0 Å². The molecule has 7 heteroatoms. The molecule has 1 aliphatic rings. The van der Waals surface area contributed by atoms with Gasteiger partial charge in [0.15, 0.2) is 0 Å². The molecule has 1 saturated heterocycles. The van der Waals surface area contributed by atoms with Gasteiger partial charge in [0.25, 0.3) is 0 Å². The molecule has 23 heavy (non-hydrogen) atoms. The summed E-state index contributed by atoms with van der Waals surface area (Å²) in [7, 11) is 3.57. The van der Waals surface area contributed by atoms with Gasteiger partial charge in [0, 0.05) is 57.6 Å². The molecular weight excluding hydrogens is 312 g/mol. The van der Waals surface area contributed by atoms with Crippen molar-refractivity contribution >= 4 is 23.3 Å². The lowest BCUT2D eigenvalue weighted by Crippen LogP contribution is -2.45. The maximum absolute atomic E-state index is 12.2. The second kappa shape index (κ2) is 8.29. The van der Waals surface area contributed by atoms with Gasteiger partial charge in [-0.2, -0.15) is 0 Å². The van der Waals surface area contributed by atoms with Crippen LogP contribution in [0, 0.1) is 12.8 Å². The molecule has 2 rings (SSSR count). The molecule has 0 radical (unpaired) electrons. The Morgan fingerprint density at radius 1 is 1.39 bits per heavy atom. The van der Waals surface area contributed by atoms with Crippen LogP contribution >= 0.6 is 11.3 Å². The number of carbonyl (C=O) groups excluding carboxylic acids is 2. The zero-order valence-corrected chi connectivity index (χ0v) is 15.0. The van der Waals surface area contributed by atoms with Crippen LogP contribution in [0.4, 0.5) is 4.79 Å². The van der Waals surface area contributed by atoms with E-state index in [2.05, 4.69) is 10.3 Å². The van der Waals surface area contributed by atoms with Crippen molar-refractivity contribution in [3.05, 3.63) is 16.1 Å². The second-order valence-electron chi connectivity index (χ2n) is 6.27. The normalized spacial score (nSPS) is 15.5. The zero-order valence-electron chi connectivity index (χ0n) is 14.2. The number of amides is 3. The monoisotopic (exact) mass is 338 g/mol. The Balaban J connectivity index is 1.66. The van der Waals surface area contributed by atoms with Crippen LogP contribution in [0.5, 0.6) is 0 Å². The predicted octanol–water partition coefficient (Wildman–Crippen LogP) is 1.89. The van der Waals surface area contributed by atoms with E-state index in [0.717, 1.165) is 37.4 Å². The van der Waals surface area contributed by atoms with E-state index in [-0.39, 0.29) is 11.9 Å². The van der Waals surface area contributed by atoms with Crippen LogP contribution in [0.15, 0.2) is 6.20 Å². The summed E-state index contributed by atoms with van der Waals surface area (Å²) in [6.45, 7) is 4.11. The lowest BCUT2D eigenvalue weighted by molar-refractivity contribution is -0.129. The highest BCUT2D eigenvalue weighted by molar-refractivity contribution is 7.11. The lowest BCUT2D eigenvalue weighted by Gasteiger charge is -2.32. The molecule has 0 saturated carbocycles. The highest BCUT2D eigenvalue weighted by Gasteiger charge is 2.24. The van der Waals surface area contributed by atoms with Crippen molar-refractivity contribution in [1.29, 1.82) is 0 Å². The van der Waals surface area contributed by atoms with E-state index in [9.17, 15) is 9.59 Å². The third-order valence-corrected chi connectivity index (χ3v) is 5.12. The number of aromatic nitrogens is 1. The molecule has 1 aromatic rings. The lowest BCUT2D eigenvalue weighted by atomic mass is 9.93. The van der Waals surface area contributed by atoms with E-state index >= 15 is 0 Å². The fraction of sp³-hybridized carbons (Fsp3) is 0.688. The van der Waals surface area contributed by atoms with E-state index in [1.807, 2.05) is 18.0 Å². The summed E-state index contributed by atoms with van der Waals surface area (Å²) in [6.07, 6.45) is 5.03. The molecule has 6 nitrogen and oxygen atoms in total. The first kappa shape index (κ1) is 17.7. The Morgan fingerprint density at radius 3 is 2.65 bits per heavy atom. The van der Waals surface area contributed by atoms with Crippen molar-refractivity contribution in [2.24, 2.45) is 5.92 Å². The molecule has 0 atom stereocenters. The molecule has 1 N–H and O–H groups in total. The summed E-state index contributed by atoms with van der Waals surface area (Å²) >= 11 is 1.67. The van der Waals surface area contributed by atoms with Gasteiger partial charge in [0.05, 0.1) is 5.01 Å². The smallest absolute Gasteiger partial charge is 0.317 e. The summed E-state index contributed by atoms with van der Waals surface area (Å²) in [5.41, 5.74) is 0. The van der Waals surface area contributed by atoms with Gasteiger partial charge in [-0.3, -0.25) is 4.79 Å². The molecular formula is C16H26N4O2S. The van der Waals surface area contributed by atoms with E-state index in [4.69, 9.17) is 0 Å². The molecule has 2 heterocycles. The Morgan fingerprint density at radius 2 is 2.09 bits per heavy atom. The number of piperidine rings is 1. The fourth-order valence-electron chi connectivity index (χ4n) is 2.67. The molecule has 0 aliphatic carbocycles. The first-order chi connectivity index (χ1) is 11.0. The largest absolute Gasteiger partial charge is 0.349 e. The topological polar surface area (TPSA) is 65.5 Å². The SMILES string of the molecule is Cc1cnc(CCNC(=O)N2CCC(CC(=O)N(C)C)CC2)s1. The number of rotatable bonds is 5. The quantitative estimate of drug-likeness (QED) is 0.892. The van der Waals surface area contributed by atoms with Crippen molar-refractivity contribution in [2.75, 3.05) is 33.7 Å². The van der Waals surface area contributed by atoms with Crippen LogP contribution in [0.3, 0.4) is 0 Å². The third kappa shape index (κ3) is 5.49.